The van der Waals surface area contributed by atoms with Crippen LogP contribution in [0.2, 0.25) is 0 Å². The molecule has 0 unspecified atom stereocenters. The molecule has 6 nitrogen and oxygen atoms in total. The van der Waals surface area contributed by atoms with Crippen molar-refractivity contribution in [1.82, 2.24) is 0 Å². The van der Waals surface area contributed by atoms with Crippen LogP contribution in [0.15, 0.2) is 23.1 Å². The molecule has 8 heteroatoms. The molecule has 0 saturated carbocycles. The van der Waals surface area contributed by atoms with Gasteiger partial charge in [0, 0.05) is 0 Å². The van der Waals surface area contributed by atoms with Crippen LogP contribution in [0.4, 0.5) is 0 Å². The minimum atomic E-state index is -4.27. The van der Waals surface area contributed by atoms with Crippen LogP contribution in [0.3, 0.4) is 0 Å². The van der Waals surface area contributed by atoms with Crippen molar-refractivity contribution in [2.45, 2.75) is 58.6 Å². The van der Waals surface area contributed by atoms with Gasteiger partial charge in [0.05, 0.1) is 17.1 Å². The first kappa shape index (κ1) is 19.3. The van der Waals surface area contributed by atoms with Crippen LogP contribution in [-0.2, 0) is 27.7 Å². The predicted octanol–water partition coefficient (Wildman–Crippen LogP) is 3.97. The fourth-order valence-electron chi connectivity index (χ4n) is 1.82. The number of aryl methyl sites for hydroxylation is 2. The summed E-state index contributed by atoms with van der Waals surface area (Å²) in [4.78, 5) is -0.0574. The Labute approximate surface area is 132 Å². The van der Waals surface area contributed by atoms with Gasteiger partial charge in [-0.3, -0.25) is 9.05 Å². The van der Waals surface area contributed by atoms with E-state index in [1.165, 1.54) is 6.07 Å². The van der Waals surface area contributed by atoms with Crippen LogP contribution >= 0.6 is 7.82 Å². The summed E-state index contributed by atoms with van der Waals surface area (Å²) in [5.41, 5.74) is 1.41. The normalized spacial score (nSPS) is 13.1. The molecule has 1 aromatic rings. The predicted molar refractivity (Wildman–Crippen MR) is 84.2 cm³/mol. The molecule has 0 saturated heterocycles. The van der Waals surface area contributed by atoms with Crippen molar-refractivity contribution in [3.05, 3.63) is 29.3 Å². The van der Waals surface area contributed by atoms with E-state index in [9.17, 15) is 13.0 Å². The Morgan fingerprint density at radius 2 is 1.50 bits per heavy atom. The first-order valence-electron chi connectivity index (χ1n) is 6.95. The highest BCUT2D eigenvalue weighted by atomic mass is 32.2. The fourth-order valence-corrected chi connectivity index (χ4v) is 5.15. The lowest BCUT2D eigenvalue weighted by Gasteiger charge is -2.21. The SMILES string of the molecule is Cc1ccc(S(=O)(=O)OP(=O)(OC(C)C)OC(C)C)c(C)c1. The van der Waals surface area contributed by atoms with Gasteiger partial charge in [0.1, 0.15) is 0 Å². The summed E-state index contributed by atoms with van der Waals surface area (Å²) in [5, 5.41) is 0. The van der Waals surface area contributed by atoms with Crippen LogP contribution in [0.25, 0.3) is 0 Å². The second-order valence-corrected chi connectivity index (χ2v) is 8.81. The quantitative estimate of drug-likeness (QED) is 0.693. The van der Waals surface area contributed by atoms with E-state index in [4.69, 9.17) is 13.0 Å². The Morgan fingerprint density at radius 1 is 1.00 bits per heavy atom. The number of hydrogen-bond donors (Lipinski definition) is 0. The van der Waals surface area contributed by atoms with Crippen molar-refractivity contribution in [3.8, 4) is 0 Å². The monoisotopic (exact) mass is 350 g/mol. The summed E-state index contributed by atoms with van der Waals surface area (Å²) in [7, 11) is -8.51. The van der Waals surface area contributed by atoms with E-state index in [1.54, 1.807) is 46.8 Å². The number of hydrogen-bond acceptors (Lipinski definition) is 6. The molecular formula is C14H23O6PS. The maximum Gasteiger partial charge on any atom is 0.490 e. The second kappa shape index (κ2) is 7.23. The minimum absolute atomic E-state index is 0.0574. The largest absolute Gasteiger partial charge is 0.490 e. The van der Waals surface area contributed by atoms with Gasteiger partial charge in [-0.25, -0.2) is 4.57 Å². The molecule has 0 heterocycles. The molecule has 0 fully saturated rings. The standard InChI is InChI=1S/C14H23O6PS/c1-10(2)18-21(15,19-11(3)4)20-22(16,17)14-8-7-12(5)9-13(14)6/h7-11H,1-6H3. The second-order valence-electron chi connectivity index (χ2n) is 5.55. The van der Waals surface area contributed by atoms with E-state index < -0.39 is 30.1 Å². The molecule has 1 rings (SSSR count). The first-order chi connectivity index (χ1) is 9.95. The smallest absolute Gasteiger partial charge is 0.283 e. The third kappa shape index (κ3) is 5.48. The zero-order chi connectivity index (χ0) is 17.1. The van der Waals surface area contributed by atoms with Gasteiger partial charge in [-0.1, -0.05) is 17.7 Å². The molecule has 0 aliphatic rings. The maximum atomic E-state index is 12.6. The molecular weight excluding hydrogens is 327 g/mol. The summed E-state index contributed by atoms with van der Waals surface area (Å²) in [5.74, 6) is 0. The molecule has 0 radical (unpaired) electrons. The summed E-state index contributed by atoms with van der Waals surface area (Å²) < 4.78 is 52.4. The molecule has 0 aliphatic heterocycles. The van der Waals surface area contributed by atoms with Crippen molar-refractivity contribution in [3.63, 3.8) is 0 Å². The molecule has 0 N–H and O–H groups in total. The topological polar surface area (TPSA) is 78.9 Å². The average molecular weight is 350 g/mol. The molecule has 0 aliphatic carbocycles. The summed E-state index contributed by atoms with van der Waals surface area (Å²) in [6, 6.07) is 4.75. The van der Waals surface area contributed by atoms with Crippen molar-refractivity contribution < 1.29 is 26.0 Å². The molecule has 0 atom stereocenters. The molecule has 0 amide bonds. The van der Waals surface area contributed by atoms with E-state index in [2.05, 4.69) is 0 Å². The number of phosphoric ester groups is 1. The maximum absolute atomic E-state index is 12.6. The molecule has 0 bridgehead atoms. The Balaban J connectivity index is 3.18. The molecule has 1 aromatic carbocycles. The van der Waals surface area contributed by atoms with Gasteiger partial charge in [-0.15, -0.1) is 0 Å². The molecule has 126 valence electrons. The van der Waals surface area contributed by atoms with E-state index in [0.29, 0.717) is 5.56 Å². The highest BCUT2D eigenvalue weighted by molar-refractivity contribution is 7.90. The van der Waals surface area contributed by atoms with Gasteiger partial charge in [-0.2, -0.15) is 12.4 Å². The fraction of sp³-hybridized carbons (Fsp3) is 0.571. The van der Waals surface area contributed by atoms with E-state index in [1.807, 2.05) is 6.92 Å². The lowest BCUT2D eigenvalue weighted by molar-refractivity contribution is 0.105. The highest BCUT2D eigenvalue weighted by Crippen LogP contribution is 2.54. The first-order valence-corrected chi connectivity index (χ1v) is 9.82. The lowest BCUT2D eigenvalue weighted by Crippen LogP contribution is -2.14. The zero-order valence-electron chi connectivity index (χ0n) is 13.7. The number of phosphoric acid groups is 1. The third-order valence-electron chi connectivity index (χ3n) is 2.47. The molecule has 0 spiro atoms. The van der Waals surface area contributed by atoms with Crippen LogP contribution < -0.4 is 0 Å². The van der Waals surface area contributed by atoms with Gasteiger partial charge in [0.2, 0.25) is 0 Å². The summed E-state index contributed by atoms with van der Waals surface area (Å²) >= 11 is 0. The van der Waals surface area contributed by atoms with Crippen LogP contribution in [0, 0.1) is 13.8 Å². The number of rotatable bonds is 7. The summed E-state index contributed by atoms with van der Waals surface area (Å²) in [6.07, 6.45) is -1.03. The van der Waals surface area contributed by atoms with Crippen LogP contribution in [0.1, 0.15) is 38.8 Å². The molecule has 0 aromatic heterocycles. The Morgan fingerprint density at radius 3 is 1.91 bits per heavy atom. The van der Waals surface area contributed by atoms with E-state index >= 15 is 0 Å². The van der Waals surface area contributed by atoms with E-state index in [0.717, 1.165) is 5.56 Å². The minimum Gasteiger partial charge on any atom is -0.283 e. The van der Waals surface area contributed by atoms with E-state index in [-0.39, 0.29) is 4.90 Å². The van der Waals surface area contributed by atoms with Gasteiger partial charge in [0.15, 0.2) is 0 Å². The van der Waals surface area contributed by atoms with Crippen LogP contribution in [-0.4, -0.2) is 20.6 Å². The van der Waals surface area contributed by atoms with Crippen molar-refractivity contribution in [2.24, 2.45) is 0 Å². The Bertz CT molecular complexity index is 652. The molecule has 22 heavy (non-hydrogen) atoms. The number of benzene rings is 1. The summed E-state index contributed by atoms with van der Waals surface area (Å²) in [6.45, 7) is 9.94. The van der Waals surface area contributed by atoms with Crippen molar-refractivity contribution in [1.29, 1.82) is 0 Å². The van der Waals surface area contributed by atoms with Gasteiger partial charge in [0.25, 0.3) is 0 Å². The van der Waals surface area contributed by atoms with Crippen LogP contribution in [0.5, 0.6) is 0 Å². The Kier molecular flexibility index (Phi) is 6.36. The third-order valence-corrected chi connectivity index (χ3v) is 6.34. The van der Waals surface area contributed by atoms with Gasteiger partial charge < -0.3 is 0 Å². The zero-order valence-corrected chi connectivity index (χ0v) is 15.4. The van der Waals surface area contributed by atoms with Crippen molar-refractivity contribution in [2.75, 3.05) is 0 Å². The average Bonchev–Trinajstić information content (AvgIpc) is 2.23. The van der Waals surface area contributed by atoms with Gasteiger partial charge in [-0.05, 0) is 53.2 Å². The Hall–Kier alpha value is -0.720. The lowest BCUT2D eigenvalue weighted by atomic mass is 10.2. The highest BCUT2D eigenvalue weighted by Gasteiger charge is 2.37. The van der Waals surface area contributed by atoms with Crippen molar-refractivity contribution >= 4 is 17.9 Å². The van der Waals surface area contributed by atoms with Gasteiger partial charge >= 0.3 is 17.9 Å².